The smallest absolute Gasteiger partial charge is 0.127 e. The van der Waals surface area contributed by atoms with Gasteiger partial charge in [0.05, 0.1) is 17.6 Å². The fraction of sp³-hybridized carbons (Fsp3) is 0.143. The van der Waals surface area contributed by atoms with E-state index in [1.807, 2.05) is 85.5 Å². The lowest BCUT2D eigenvalue weighted by molar-refractivity contribution is 0.564. The maximum atomic E-state index is 4.80. The molecule has 4 heteroatoms. The highest BCUT2D eigenvalue weighted by Crippen LogP contribution is 2.18. The van der Waals surface area contributed by atoms with Gasteiger partial charge in [0.1, 0.15) is 5.82 Å². The molecule has 25 heavy (non-hydrogen) atoms. The molecule has 4 nitrogen and oxygen atoms in total. The highest BCUT2D eigenvalue weighted by atomic mass is 15.4. The monoisotopic (exact) mass is 330 g/mol. The number of nitrogens with zero attached hydrogens (tertiary/aromatic N) is 4. The minimum absolute atomic E-state index is 0.852. The molecule has 0 aliphatic carbocycles. The highest BCUT2D eigenvalue weighted by molar-refractivity contribution is 6.08. The number of imidazole rings is 1. The van der Waals surface area contributed by atoms with Crippen LogP contribution in [0.3, 0.4) is 0 Å². The van der Waals surface area contributed by atoms with Gasteiger partial charge in [0.25, 0.3) is 0 Å². The van der Waals surface area contributed by atoms with Gasteiger partial charge in [-0.05, 0) is 13.0 Å². The molecule has 0 saturated carbocycles. The Morgan fingerprint density at radius 2 is 1.64 bits per heavy atom. The molecule has 0 atom stereocenters. The van der Waals surface area contributed by atoms with Crippen LogP contribution in [0.5, 0.6) is 0 Å². The summed E-state index contributed by atoms with van der Waals surface area (Å²) < 4.78 is 1.84. The second-order valence-electron chi connectivity index (χ2n) is 6.01. The molecule has 0 saturated heterocycles. The van der Waals surface area contributed by atoms with Crippen molar-refractivity contribution in [3.8, 4) is 11.3 Å². The van der Waals surface area contributed by atoms with Crippen LogP contribution in [0.2, 0.25) is 0 Å². The van der Waals surface area contributed by atoms with Gasteiger partial charge in [-0.15, -0.1) is 0 Å². The number of hydrogen-bond acceptors (Lipinski definition) is 3. The van der Waals surface area contributed by atoms with Crippen molar-refractivity contribution in [3.05, 3.63) is 90.5 Å². The SMILES string of the molecule is Cc1nc(-c2ccccc2)cn1/N=C(\C=C\N(C)C)c1ccccc1. The first-order chi connectivity index (χ1) is 12.1. The van der Waals surface area contributed by atoms with Gasteiger partial charge in [-0.3, -0.25) is 0 Å². The van der Waals surface area contributed by atoms with E-state index in [2.05, 4.69) is 29.2 Å². The average molecular weight is 330 g/mol. The van der Waals surface area contributed by atoms with Crippen LogP contribution in [0.4, 0.5) is 0 Å². The number of aromatic nitrogens is 2. The van der Waals surface area contributed by atoms with E-state index in [0.717, 1.165) is 28.4 Å². The molecule has 3 aromatic rings. The van der Waals surface area contributed by atoms with Crippen molar-refractivity contribution in [1.82, 2.24) is 14.6 Å². The molecule has 1 aromatic heterocycles. The predicted octanol–water partition coefficient (Wildman–Crippen LogP) is 4.19. The molecule has 126 valence electrons. The summed E-state index contributed by atoms with van der Waals surface area (Å²) in [5.74, 6) is 0.852. The molecule has 0 bridgehead atoms. The van der Waals surface area contributed by atoms with Gasteiger partial charge >= 0.3 is 0 Å². The molecular formula is C21H22N4. The van der Waals surface area contributed by atoms with Gasteiger partial charge < -0.3 is 4.90 Å². The number of rotatable bonds is 5. The Morgan fingerprint density at radius 1 is 1.00 bits per heavy atom. The van der Waals surface area contributed by atoms with E-state index in [-0.39, 0.29) is 0 Å². The molecular weight excluding hydrogens is 308 g/mol. The van der Waals surface area contributed by atoms with Crippen molar-refractivity contribution in [1.29, 1.82) is 0 Å². The zero-order chi connectivity index (χ0) is 17.6. The van der Waals surface area contributed by atoms with E-state index >= 15 is 0 Å². The normalized spacial score (nSPS) is 11.9. The minimum atomic E-state index is 0.852. The van der Waals surface area contributed by atoms with E-state index in [0.29, 0.717) is 0 Å². The predicted molar refractivity (Wildman–Crippen MR) is 104 cm³/mol. The maximum absolute atomic E-state index is 4.80. The van der Waals surface area contributed by atoms with Crippen molar-refractivity contribution < 1.29 is 0 Å². The lowest BCUT2D eigenvalue weighted by atomic mass is 10.1. The second kappa shape index (κ2) is 7.62. The van der Waals surface area contributed by atoms with Gasteiger partial charge in [0.2, 0.25) is 0 Å². The summed E-state index contributed by atoms with van der Waals surface area (Å²) in [5.41, 5.74) is 3.96. The molecule has 1 heterocycles. The first kappa shape index (κ1) is 16.7. The zero-order valence-electron chi connectivity index (χ0n) is 14.8. The molecule has 0 aliphatic rings. The van der Waals surface area contributed by atoms with E-state index in [4.69, 9.17) is 5.10 Å². The third-order valence-electron chi connectivity index (χ3n) is 3.74. The molecule has 3 rings (SSSR count). The van der Waals surface area contributed by atoms with Crippen molar-refractivity contribution in [2.24, 2.45) is 5.10 Å². The number of hydrogen-bond donors (Lipinski definition) is 0. The van der Waals surface area contributed by atoms with Crippen LogP contribution in [-0.4, -0.2) is 34.4 Å². The van der Waals surface area contributed by atoms with Gasteiger partial charge in [-0.2, -0.15) is 5.10 Å². The summed E-state index contributed by atoms with van der Waals surface area (Å²) >= 11 is 0. The van der Waals surface area contributed by atoms with E-state index < -0.39 is 0 Å². The van der Waals surface area contributed by atoms with Crippen LogP contribution in [0, 0.1) is 6.92 Å². The number of allylic oxidation sites excluding steroid dienone is 1. The molecule has 0 amide bonds. The summed E-state index contributed by atoms with van der Waals surface area (Å²) in [4.78, 5) is 6.64. The minimum Gasteiger partial charge on any atom is -0.383 e. The van der Waals surface area contributed by atoms with Crippen LogP contribution in [0.1, 0.15) is 11.4 Å². The van der Waals surface area contributed by atoms with Crippen molar-refractivity contribution in [3.63, 3.8) is 0 Å². The fourth-order valence-corrected chi connectivity index (χ4v) is 2.44. The number of benzene rings is 2. The van der Waals surface area contributed by atoms with Gasteiger partial charge in [-0.1, -0.05) is 60.7 Å². The van der Waals surface area contributed by atoms with E-state index in [1.54, 1.807) is 0 Å². The Bertz CT molecular complexity index is 875. The van der Waals surface area contributed by atoms with Crippen LogP contribution in [0.15, 0.2) is 84.2 Å². The zero-order valence-corrected chi connectivity index (χ0v) is 14.8. The highest BCUT2D eigenvalue weighted by Gasteiger charge is 2.07. The fourth-order valence-electron chi connectivity index (χ4n) is 2.44. The molecule has 0 N–H and O–H groups in total. The lowest BCUT2D eigenvalue weighted by Gasteiger charge is -2.06. The summed E-state index contributed by atoms with van der Waals surface area (Å²) in [6.45, 7) is 1.97. The van der Waals surface area contributed by atoms with Crippen LogP contribution >= 0.6 is 0 Å². The Hall–Kier alpha value is -3.14. The van der Waals surface area contributed by atoms with Crippen LogP contribution < -0.4 is 0 Å². The van der Waals surface area contributed by atoms with Crippen molar-refractivity contribution >= 4 is 5.71 Å². The first-order valence-electron chi connectivity index (χ1n) is 8.24. The first-order valence-corrected chi connectivity index (χ1v) is 8.24. The van der Waals surface area contributed by atoms with Crippen molar-refractivity contribution in [2.45, 2.75) is 6.92 Å². The quantitative estimate of drug-likeness (QED) is 0.657. The summed E-state index contributed by atoms with van der Waals surface area (Å²) in [6.07, 6.45) is 5.98. The molecule has 0 radical (unpaired) electrons. The summed E-state index contributed by atoms with van der Waals surface area (Å²) in [7, 11) is 3.99. The largest absolute Gasteiger partial charge is 0.383 e. The molecule has 0 unspecified atom stereocenters. The number of aryl methyl sites for hydroxylation is 1. The maximum Gasteiger partial charge on any atom is 0.127 e. The topological polar surface area (TPSA) is 33.4 Å². The lowest BCUT2D eigenvalue weighted by Crippen LogP contribution is -2.06. The van der Waals surface area contributed by atoms with Crippen LogP contribution in [-0.2, 0) is 0 Å². The van der Waals surface area contributed by atoms with Crippen molar-refractivity contribution in [2.75, 3.05) is 14.1 Å². The molecule has 0 fully saturated rings. The van der Waals surface area contributed by atoms with E-state index in [1.165, 1.54) is 0 Å². The Morgan fingerprint density at radius 3 is 2.28 bits per heavy atom. The molecule has 2 aromatic carbocycles. The standard InChI is InChI=1S/C21H22N4/c1-17-22-21(19-12-8-5-9-13-19)16-25(17)23-20(14-15-24(2)3)18-10-6-4-7-11-18/h4-16H,1-3H3/b15-14+,23-20+. The summed E-state index contributed by atoms with van der Waals surface area (Å²) in [5, 5.41) is 4.80. The third kappa shape index (κ3) is 4.23. The van der Waals surface area contributed by atoms with Gasteiger partial charge in [0.15, 0.2) is 0 Å². The van der Waals surface area contributed by atoms with E-state index in [9.17, 15) is 0 Å². The Balaban J connectivity index is 2.02. The summed E-state index contributed by atoms with van der Waals surface area (Å²) in [6, 6.07) is 20.3. The third-order valence-corrected chi connectivity index (χ3v) is 3.74. The van der Waals surface area contributed by atoms with Gasteiger partial charge in [0, 0.05) is 31.4 Å². The average Bonchev–Trinajstić information content (AvgIpc) is 3.00. The molecule has 0 aliphatic heterocycles. The van der Waals surface area contributed by atoms with Gasteiger partial charge in [-0.25, -0.2) is 9.66 Å². The molecule has 0 spiro atoms. The van der Waals surface area contributed by atoms with Crippen LogP contribution in [0.25, 0.3) is 11.3 Å². The Kier molecular flexibility index (Phi) is 5.09. The Labute approximate surface area is 148 Å². The second-order valence-corrected chi connectivity index (χ2v) is 6.01.